The number of benzene rings is 2. The first-order valence-electron chi connectivity index (χ1n) is 11.4. The molecule has 0 aliphatic carbocycles. The molecule has 164 valence electrons. The molecule has 0 heterocycles. The Labute approximate surface area is 184 Å². The van der Waals surface area contributed by atoms with Crippen molar-refractivity contribution in [1.29, 1.82) is 0 Å². The Morgan fingerprint density at radius 1 is 0.800 bits per heavy atom. The summed E-state index contributed by atoms with van der Waals surface area (Å²) in [5.41, 5.74) is 1.05. The van der Waals surface area contributed by atoms with Gasteiger partial charge < -0.3 is 0 Å². The fourth-order valence-corrected chi connectivity index (χ4v) is 22.0. The van der Waals surface area contributed by atoms with Gasteiger partial charge in [0, 0.05) is 0 Å². The van der Waals surface area contributed by atoms with E-state index in [0.29, 0.717) is 0 Å². The first kappa shape index (κ1) is 25.1. The molecule has 0 radical (unpaired) electrons. The predicted molar refractivity (Wildman–Crippen MR) is 125 cm³/mol. The fraction of sp³-hybridized carbons (Fsp3) is 0.538. The third kappa shape index (κ3) is 6.94. The minimum atomic E-state index is -4.44. The van der Waals surface area contributed by atoms with Gasteiger partial charge in [-0.3, -0.25) is 0 Å². The molecule has 2 aromatic carbocycles. The van der Waals surface area contributed by atoms with Crippen LogP contribution in [0.15, 0.2) is 42.5 Å². The topological polar surface area (TPSA) is 0 Å². The van der Waals surface area contributed by atoms with Crippen molar-refractivity contribution in [2.75, 3.05) is 0 Å². The van der Waals surface area contributed by atoms with E-state index in [1.165, 1.54) is 0 Å². The maximum absolute atomic E-state index is 13.2. The molecule has 2 rings (SSSR count). The van der Waals surface area contributed by atoms with E-state index in [1.54, 1.807) is 5.92 Å². The van der Waals surface area contributed by atoms with Gasteiger partial charge >= 0.3 is 185 Å². The number of unbranched alkanes of at least 4 members (excludes halogenated alkanes) is 3. The van der Waals surface area contributed by atoms with Crippen LogP contribution in [0.25, 0.3) is 10.8 Å². The molecule has 0 nitrogen and oxygen atoms in total. The molecule has 1 atom stereocenters. The first-order valence-corrected chi connectivity index (χ1v) is 19.1. The van der Waals surface area contributed by atoms with E-state index in [4.69, 9.17) is 0 Å². The second kappa shape index (κ2) is 12.0. The second-order valence-corrected chi connectivity index (χ2v) is 22.1. The zero-order valence-corrected chi connectivity index (χ0v) is 21.5. The molecule has 0 aliphatic heterocycles. The number of alkyl halides is 3. The minimum absolute atomic E-state index is 0.211. The van der Waals surface area contributed by atoms with Crippen LogP contribution in [-0.4, -0.2) is 24.6 Å². The summed E-state index contributed by atoms with van der Waals surface area (Å²) >= 11 is -3.09. The van der Waals surface area contributed by atoms with Crippen molar-refractivity contribution in [1.82, 2.24) is 0 Å². The summed E-state index contributed by atoms with van der Waals surface area (Å²) in [7, 11) is 0. The molecule has 30 heavy (non-hydrogen) atoms. The summed E-state index contributed by atoms with van der Waals surface area (Å²) in [6, 6.07) is 14.2. The van der Waals surface area contributed by atoms with Gasteiger partial charge in [0.2, 0.25) is 0 Å². The van der Waals surface area contributed by atoms with Crippen molar-refractivity contribution in [3.05, 3.63) is 48.0 Å². The van der Waals surface area contributed by atoms with Gasteiger partial charge in [-0.2, -0.15) is 0 Å². The number of rotatable bonds is 11. The van der Waals surface area contributed by atoms with Crippen LogP contribution in [0.2, 0.25) is 13.3 Å². The van der Waals surface area contributed by atoms with Crippen LogP contribution in [0.3, 0.4) is 0 Å². The molecule has 0 saturated carbocycles. The summed E-state index contributed by atoms with van der Waals surface area (Å²) in [6.45, 7) is 6.56. The molecule has 2 aromatic rings. The third-order valence-corrected chi connectivity index (χ3v) is 22.5. The van der Waals surface area contributed by atoms with E-state index in [9.17, 15) is 13.2 Å². The number of hydrogen-bond acceptors (Lipinski definition) is 0. The monoisotopic (exact) mass is 524 g/mol. The average Bonchev–Trinajstić information content (AvgIpc) is 2.73. The first-order chi connectivity index (χ1) is 14.4. The Kier molecular flexibility index (Phi) is 10.1. The molecule has 0 saturated heterocycles. The SMILES string of the molecule is CCC[CH2][Sn]([CH2]CCC)([CH2]CCC)[CH](C#CC(F)(F)F)c1cccc2ccccc12. The number of hydrogen-bond donors (Lipinski definition) is 0. The number of fused-ring (bicyclic) bond motifs is 1. The average molecular weight is 523 g/mol. The van der Waals surface area contributed by atoms with E-state index in [1.807, 2.05) is 24.3 Å². The van der Waals surface area contributed by atoms with E-state index < -0.39 is 24.6 Å². The quantitative estimate of drug-likeness (QED) is 0.204. The second-order valence-electron chi connectivity index (χ2n) is 8.44. The van der Waals surface area contributed by atoms with E-state index >= 15 is 0 Å². The van der Waals surface area contributed by atoms with Gasteiger partial charge in [0.1, 0.15) is 0 Å². The molecule has 0 bridgehead atoms. The van der Waals surface area contributed by atoms with Crippen LogP contribution in [0.4, 0.5) is 13.2 Å². The normalized spacial score (nSPS) is 13.1. The van der Waals surface area contributed by atoms with E-state index in [2.05, 4.69) is 44.9 Å². The zero-order chi connectivity index (χ0) is 22.0. The Morgan fingerprint density at radius 3 is 1.87 bits per heavy atom. The van der Waals surface area contributed by atoms with Crippen LogP contribution in [0, 0.1) is 11.8 Å². The van der Waals surface area contributed by atoms with Gasteiger partial charge in [-0.05, 0) is 0 Å². The van der Waals surface area contributed by atoms with Crippen LogP contribution in [0.5, 0.6) is 0 Å². The molecule has 0 aliphatic rings. The zero-order valence-electron chi connectivity index (χ0n) is 18.6. The van der Waals surface area contributed by atoms with Gasteiger partial charge in [-0.1, -0.05) is 0 Å². The third-order valence-electron chi connectivity index (χ3n) is 6.19. The van der Waals surface area contributed by atoms with Crippen molar-refractivity contribution in [3.8, 4) is 11.8 Å². The van der Waals surface area contributed by atoms with Gasteiger partial charge in [-0.15, -0.1) is 0 Å². The maximum atomic E-state index is 13.2. The van der Waals surface area contributed by atoms with Crippen LogP contribution >= 0.6 is 0 Å². The van der Waals surface area contributed by atoms with Gasteiger partial charge in [0.15, 0.2) is 0 Å². The van der Waals surface area contributed by atoms with E-state index in [-0.39, 0.29) is 3.93 Å². The van der Waals surface area contributed by atoms with Crippen molar-refractivity contribution in [2.45, 2.75) is 82.7 Å². The summed E-state index contributed by atoms with van der Waals surface area (Å²) < 4.78 is 42.9. The Morgan fingerprint density at radius 2 is 1.33 bits per heavy atom. The summed E-state index contributed by atoms with van der Waals surface area (Å²) in [4.78, 5) is 0. The summed E-state index contributed by atoms with van der Waals surface area (Å²) in [5, 5.41) is 2.17. The Bertz CT molecular complexity index is 817. The molecule has 4 heteroatoms. The molecule has 1 unspecified atom stereocenters. The molecule has 0 fully saturated rings. The molecule has 0 N–H and O–H groups in total. The van der Waals surface area contributed by atoms with Crippen LogP contribution in [-0.2, 0) is 0 Å². The van der Waals surface area contributed by atoms with Gasteiger partial charge in [-0.25, -0.2) is 0 Å². The summed E-state index contributed by atoms with van der Waals surface area (Å²) in [5.74, 6) is 4.58. The van der Waals surface area contributed by atoms with Gasteiger partial charge in [0.25, 0.3) is 0 Å². The van der Waals surface area contributed by atoms with E-state index in [0.717, 1.165) is 68.2 Å². The molecule has 0 spiro atoms. The van der Waals surface area contributed by atoms with Gasteiger partial charge in [0.05, 0.1) is 0 Å². The number of halogens is 3. The Balaban J connectivity index is 2.71. The van der Waals surface area contributed by atoms with Crippen molar-refractivity contribution >= 4 is 29.1 Å². The molecule has 0 amide bonds. The van der Waals surface area contributed by atoms with Crippen molar-refractivity contribution in [3.63, 3.8) is 0 Å². The molecular formula is C26H35F3Sn. The van der Waals surface area contributed by atoms with Crippen molar-refractivity contribution < 1.29 is 13.2 Å². The predicted octanol–water partition coefficient (Wildman–Crippen LogP) is 8.88. The fourth-order valence-electron chi connectivity index (χ4n) is 4.61. The molecule has 0 aromatic heterocycles. The standard InChI is InChI=1S/C14H8F3.3C4H9.Sn/c15-14(16,17)10-4-8-12-7-3-6-11-5-1-2-9-13(11)12;3*1-3-4-2;/h1-3,5-9H;3*1,3-4H2,2H3;. The summed E-state index contributed by atoms with van der Waals surface area (Å²) in [6.07, 6.45) is 2.15. The molecular weight excluding hydrogens is 488 g/mol. The Hall–Kier alpha value is -1.15. The van der Waals surface area contributed by atoms with Crippen molar-refractivity contribution in [2.24, 2.45) is 0 Å². The van der Waals surface area contributed by atoms with Crippen LogP contribution in [0.1, 0.15) is 68.8 Å². The van der Waals surface area contributed by atoms with Crippen LogP contribution < -0.4 is 0 Å².